The Balaban J connectivity index is 0.000000101. The summed E-state index contributed by atoms with van der Waals surface area (Å²) >= 11 is 1.83. The molecule has 3 spiro atoms. The van der Waals surface area contributed by atoms with Gasteiger partial charge in [0.2, 0.25) is 0 Å². The highest BCUT2D eigenvalue weighted by atomic mass is 32.1. The van der Waals surface area contributed by atoms with Crippen LogP contribution in [0.15, 0.2) is 403 Å². The van der Waals surface area contributed by atoms with Crippen LogP contribution in [-0.2, 0) is 16.2 Å². The molecule has 0 N–H and O–H groups in total. The number of hydrogen-bond acceptors (Lipinski definition) is 10. The van der Waals surface area contributed by atoms with Gasteiger partial charge < -0.3 is 27.3 Å². The van der Waals surface area contributed by atoms with Crippen molar-refractivity contribution in [3.05, 3.63) is 493 Å². The highest BCUT2D eigenvalue weighted by Crippen LogP contribution is 2.67. The lowest BCUT2D eigenvalue weighted by atomic mass is 9.65. The summed E-state index contributed by atoms with van der Waals surface area (Å²) in [7, 11) is 1.71. The molecule has 0 bridgehead atoms. The second-order valence-electron chi connectivity index (χ2n) is 37.0. The molecule has 3 aliphatic heterocycles. The van der Waals surface area contributed by atoms with Crippen molar-refractivity contribution >= 4 is 125 Å². The fourth-order valence-corrected chi connectivity index (χ4v) is 26.3. The van der Waals surface area contributed by atoms with Crippen LogP contribution in [-0.4, -0.2) is 25.7 Å². The molecule has 0 saturated heterocycles. The Bertz CT molecular complexity index is 10100. The van der Waals surface area contributed by atoms with E-state index in [9.17, 15) is 31.2 Å². The number of furan rings is 2. The van der Waals surface area contributed by atoms with Crippen molar-refractivity contribution in [3.63, 3.8) is 0 Å². The Hall–Kier alpha value is -19.0. The third-order valence-electron chi connectivity index (χ3n) is 30.7. The molecule has 140 heavy (non-hydrogen) atoms. The zero-order valence-corrected chi connectivity index (χ0v) is 75.4. The number of thiophene rings is 1. The molecule has 9 heterocycles. The summed E-state index contributed by atoms with van der Waals surface area (Å²) < 4.78 is 28.8. The average Bonchev–Trinajstić information content (AvgIpc) is 1.49. The standard InChI is InChI=1S/C46H26N2O.C40H21N3O3.C40H21N3OS/c47-27-28-18-20-30(21-19-28)31-22-23-34-33-12-4-6-14-37(33)46(39(34)25-31)38-15-7-8-16-41(38)48-43-36(45-44(48)35-13-5-9-17-42(35)49-45)24-32(26-40(43)46)29-10-2-1-3-11-29;41-22-23-12-14-24(15-13-23)25-16-18-28-27-6-1-3-9-31(27)40(34(28)20-25)32-19-17-26(43(44)45)21-35(32)42-37-30(8-5-10-33(37)40)39-38(42)29-7-2-4-11-36(29)46-39;1-44-24-11-15-30-34(19-24)43-38-27(28-14-16-36-37(39(28)43)29-5-2-3-8-35(29)45-36)6-4-7-31(38)40(30)32-17-22(20-41)9-12-25(32)26-13-10-23(21-42)18-33(26)40/h1-26H;1-21H;2-19H,1H3. The highest BCUT2D eigenvalue weighted by Gasteiger charge is 2.56. The van der Waals surface area contributed by atoms with Crippen molar-refractivity contribution in [1.82, 2.24) is 13.7 Å². The maximum Gasteiger partial charge on any atom is 0.271 e. The Morgan fingerprint density at radius 2 is 0.700 bits per heavy atom. The molecule has 14 heteroatoms. The molecular weight excluding hydrogens is 1740 g/mol. The molecule has 0 radical (unpaired) electrons. The Morgan fingerprint density at radius 3 is 1.30 bits per heavy atom. The van der Waals surface area contributed by atoms with Gasteiger partial charge in [0.1, 0.15) is 27.9 Å². The van der Waals surface area contributed by atoms with E-state index >= 15 is 0 Å². The summed E-state index contributed by atoms with van der Waals surface area (Å²) in [4.78, 5) is 11.9. The number of benzene rings is 19. The molecule has 6 aromatic heterocycles. The summed E-state index contributed by atoms with van der Waals surface area (Å²) in [6.07, 6.45) is 0. The number of nitriles is 4. The normalized spacial score (nSPS) is 14.9. The van der Waals surface area contributed by atoms with Gasteiger partial charge in [-0.2, -0.15) is 21.0 Å². The van der Waals surface area contributed by atoms with Crippen LogP contribution in [0, 0.1) is 55.4 Å². The Kier molecular flexibility index (Phi) is 16.2. The van der Waals surface area contributed by atoms with Gasteiger partial charge in [0.15, 0.2) is 11.2 Å². The van der Waals surface area contributed by atoms with Gasteiger partial charge in [0.25, 0.3) is 5.69 Å². The van der Waals surface area contributed by atoms with Crippen LogP contribution in [0.5, 0.6) is 5.75 Å². The molecule has 2 unspecified atom stereocenters. The molecule has 0 saturated carbocycles. The van der Waals surface area contributed by atoms with Crippen LogP contribution in [0.2, 0.25) is 0 Å². The molecule has 25 aromatic rings. The predicted octanol–water partition coefficient (Wildman–Crippen LogP) is 30.6. The summed E-state index contributed by atoms with van der Waals surface area (Å²) in [5.74, 6) is 0.774. The number of hydrogen-bond donors (Lipinski definition) is 0. The first-order chi connectivity index (χ1) is 69.0. The van der Waals surface area contributed by atoms with E-state index in [4.69, 9.17) is 13.6 Å². The smallest absolute Gasteiger partial charge is 0.271 e. The van der Waals surface area contributed by atoms with Gasteiger partial charge in [-0.25, -0.2) is 0 Å². The lowest BCUT2D eigenvalue weighted by molar-refractivity contribution is -0.384. The average molecular weight is 1810 g/mol. The number of nitrogens with zero attached hydrogens (tertiary/aromatic N) is 8. The van der Waals surface area contributed by atoms with Crippen molar-refractivity contribution < 1.29 is 18.5 Å². The van der Waals surface area contributed by atoms with Crippen molar-refractivity contribution in [2.45, 2.75) is 16.2 Å². The zero-order chi connectivity index (χ0) is 93.0. The van der Waals surface area contributed by atoms with Crippen LogP contribution in [0.1, 0.15) is 89.0 Å². The maximum absolute atomic E-state index is 12.3. The molecule has 13 nitrogen and oxygen atoms in total. The quantitative estimate of drug-likeness (QED) is 0.119. The zero-order valence-electron chi connectivity index (χ0n) is 74.6. The van der Waals surface area contributed by atoms with E-state index in [2.05, 4.69) is 335 Å². The van der Waals surface area contributed by atoms with Crippen molar-refractivity contribution in [2.24, 2.45) is 0 Å². The van der Waals surface area contributed by atoms with E-state index in [1.807, 2.05) is 96.3 Å². The number of aromatic nitrogens is 3. The van der Waals surface area contributed by atoms with E-state index < -0.39 is 16.2 Å². The minimum absolute atomic E-state index is 0.0360. The number of non-ortho nitro benzene ring substituents is 1. The van der Waals surface area contributed by atoms with E-state index in [0.717, 1.165) is 178 Å². The van der Waals surface area contributed by atoms with Crippen molar-refractivity contribution in [1.29, 1.82) is 21.0 Å². The van der Waals surface area contributed by atoms with Crippen LogP contribution >= 0.6 is 11.3 Å². The largest absolute Gasteiger partial charge is 0.497 e. The van der Waals surface area contributed by atoms with Gasteiger partial charge >= 0.3 is 0 Å². The van der Waals surface area contributed by atoms with Crippen LogP contribution in [0.25, 0.3) is 192 Å². The van der Waals surface area contributed by atoms with Crippen LogP contribution < -0.4 is 4.74 Å². The Labute approximate surface area is 803 Å². The fourth-order valence-electron chi connectivity index (χ4n) is 25.2. The minimum atomic E-state index is -0.750. The van der Waals surface area contributed by atoms with Crippen molar-refractivity contribution in [2.75, 3.05) is 7.11 Å². The van der Waals surface area contributed by atoms with Gasteiger partial charge in [0.05, 0.1) is 114 Å². The summed E-state index contributed by atoms with van der Waals surface area (Å²) in [6.45, 7) is 0. The van der Waals surface area contributed by atoms with Gasteiger partial charge in [-0.05, 0) is 267 Å². The topological polar surface area (TPSA) is 189 Å². The molecule has 0 amide bonds. The van der Waals surface area contributed by atoms with Gasteiger partial charge in [-0.1, -0.05) is 243 Å². The molecular formula is C126H68N8O5S. The number of methoxy groups -OCH3 is 1. The van der Waals surface area contributed by atoms with E-state index in [1.54, 1.807) is 19.2 Å². The predicted molar refractivity (Wildman–Crippen MR) is 556 cm³/mol. The SMILES string of the molecule is COc1ccc2c(c1)-n1c3c(cccc3c3ccc4sc5ccccc5c4c31)C21c2cc(C#N)ccc2-c2ccc(C#N)cc21.N#Cc1ccc(-c2ccc3c(c2)C2(c4ccccc4-3)c3ccc([N+](=O)[O-])cc3-n3c4c2cccc4c2oc4ccccc4c23)cc1.N#Cc1ccc(-c2ccc3c(c2)C2(c4ccccc4-3)c3ccccc3-n3c4c2cc(-c2ccccc2)cc4c2oc4ccccc4c23)cc1. The molecule has 19 aromatic carbocycles. The van der Waals surface area contributed by atoms with Crippen molar-refractivity contribution in [3.8, 4) is 114 Å². The van der Waals surface area contributed by atoms with Gasteiger partial charge in [-0.3, -0.25) is 10.1 Å². The number of nitro groups is 1. The van der Waals surface area contributed by atoms with E-state index in [0.29, 0.717) is 22.3 Å². The van der Waals surface area contributed by atoms with Crippen LogP contribution in [0.4, 0.5) is 5.69 Å². The van der Waals surface area contributed by atoms with E-state index in [-0.39, 0.29) is 10.6 Å². The lowest BCUT2D eigenvalue weighted by Crippen LogP contribution is -2.33. The molecule has 3 aliphatic carbocycles. The monoisotopic (exact) mass is 1800 g/mol. The summed E-state index contributed by atoms with van der Waals surface area (Å²) in [6, 6.07) is 146. The molecule has 0 fully saturated rings. The summed E-state index contributed by atoms with van der Waals surface area (Å²) in [5.41, 5.74) is 40.6. The molecule has 648 valence electrons. The number of nitro benzene ring substituents is 1. The highest BCUT2D eigenvalue weighted by molar-refractivity contribution is 7.26. The number of rotatable bonds is 5. The van der Waals surface area contributed by atoms with E-state index in [1.165, 1.54) is 86.6 Å². The second-order valence-corrected chi connectivity index (χ2v) is 38.1. The first-order valence-electron chi connectivity index (χ1n) is 46.6. The number of ether oxygens (including phenoxy) is 1. The molecule has 31 rings (SSSR count). The first kappa shape index (κ1) is 78.5. The third-order valence-corrected chi connectivity index (χ3v) is 31.8. The minimum Gasteiger partial charge on any atom is -0.497 e. The first-order valence-corrected chi connectivity index (χ1v) is 47.4. The van der Waals surface area contributed by atoms with Gasteiger partial charge in [-0.15, -0.1) is 11.3 Å². The fraction of sp³-hybridized carbons (Fsp3) is 0.0317. The lowest BCUT2D eigenvalue weighted by Gasteiger charge is -2.40. The van der Waals surface area contributed by atoms with Crippen LogP contribution in [0.3, 0.4) is 0 Å². The molecule has 6 aliphatic rings. The third kappa shape index (κ3) is 10.2. The number of fused-ring (bicyclic) bond motifs is 44. The maximum atomic E-state index is 12.3. The number of para-hydroxylation sites is 5. The second kappa shape index (κ2) is 28.8. The Morgan fingerprint density at radius 1 is 0.286 bits per heavy atom. The summed E-state index contributed by atoms with van der Waals surface area (Å²) in [5, 5.41) is 60.3. The molecule has 2 atom stereocenters. The van der Waals surface area contributed by atoms with Gasteiger partial charge in [0, 0.05) is 70.7 Å².